The molecule has 0 aliphatic carbocycles. The molecule has 4 N–H and O–H groups in total. The number of hydrogen-bond donors (Lipinski definition) is 3. The van der Waals surface area contributed by atoms with Crippen LogP contribution in [0, 0.1) is 6.92 Å². The summed E-state index contributed by atoms with van der Waals surface area (Å²) in [6, 6.07) is 2.92. The third-order valence-corrected chi connectivity index (χ3v) is 4.15. The second-order valence-corrected chi connectivity index (χ2v) is 6.03. The van der Waals surface area contributed by atoms with Crippen LogP contribution in [0.25, 0.3) is 0 Å². The molecule has 0 bridgehead atoms. The molecule has 0 radical (unpaired) electrons. The van der Waals surface area contributed by atoms with Crippen LogP contribution in [0.4, 0.5) is 5.82 Å². The Bertz CT molecular complexity index is 692. The third kappa shape index (κ3) is 3.13. The SMILES string of the molecule is Cc1nn(C)cc1CNS(=O)(=O)c1ccc(NN)nc1. The van der Waals surface area contributed by atoms with Crippen LogP contribution < -0.4 is 16.0 Å². The van der Waals surface area contributed by atoms with E-state index in [0.29, 0.717) is 5.82 Å². The van der Waals surface area contributed by atoms with E-state index >= 15 is 0 Å². The number of hydrogen-bond acceptors (Lipinski definition) is 6. The highest BCUT2D eigenvalue weighted by atomic mass is 32.2. The van der Waals surface area contributed by atoms with E-state index in [4.69, 9.17) is 5.84 Å². The predicted octanol–water partition coefficient (Wildman–Crippen LogP) is -0.112. The molecule has 108 valence electrons. The summed E-state index contributed by atoms with van der Waals surface area (Å²) in [4.78, 5) is 3.95. The number of sulfonamides is 1. The van der Waals surface area contributed by atoms with Gasteiger partial charge in [0.25, 0.3) is 0 Å². The molecule has 0 aliphatic rings. The van der Waals surface area contributed by atoms with Crippen molar-refractivity contribution in [3.8, 4) is 0 Å². The zero-order valence-electron chi connectivity index (χ0n) is 11.2. The first kappa shape index (κ1) is 14.4. The minimum atomic E-state index is -3.61. The van der Waals surface area contributed by atoms with Crippen LogP contribution in [0.3, 0.4) is 0 Å². The highest BCUT2D eigenvalue weighted by molar-refractivity contribution is 7.89. The molecule has 0 saturated heterocycles. The molecule has 0 saturated carbocycles. The maximum absolute atomic E-state index is 12.1. The average Bonchev–Trinajstić information content (AvgIpc) is 2.75. The van der Waals surface area contributed by atoms with Gasteiger partial charge in [-0.15, -0.1) is 0 Å². The van der Waals surface area contributed by atoms with Crippen LogP contribution in [-0.2, 0) is 23.6 Å². The van der Waals surface area contributed by atoms with Crippen molar-refractivity contribution in [3.05, 3.63) is 35.8 Å². The Balaban J connectivity index is 2.12. The number of aromatic nitrogens is 3. The third-order valence-electron chi connectivity index (χ3n) is 2.76. The first-order chi connectivity index (χ1) is 9.42. The normalized spacial score (nSPS) is 11.6. The lowest BCUT2D eigenvalue weighted by molar-refractivity contribution is 0.581. The van der Waals surface area contributed by atoms with E-state index in [9.17, 15) is 8.42 Å². The highest BCUT2D eigenvalue weighted by Crippen LogP contribution is 2.11. The monoisotopic (exact) mass is 296 g/mol. The van der Waals surface area contributed by atoms with Gasteiger partial charge in [0.2, 0.25) is 10.0 Å². The maximum atomic E-state index is 12.1. The minimum Gasteiger partial charge on any atom is -0.308 e. The van der Waals surface area contributed by atoms with Crippen LogP contribution >= 0.6 is 0 Å². The molecule has 2 aromatic rings. The van der Waals surface area contributed by atoms with Crippen molar-refractivity contribution < 1.29 is 8.42 Å². The molecular formula is C11H16N6O2S. The van der Waals surface area contributed by atoms with E-state index in [1.807, 2.05) is 6.92 Å². The van der Waals surface area contributed by atoms with Gasteiger partial charge in [-0.3, -0.25) is 4.68 Å². The van der Waals surface area contributed by atoms with Crippen LogP contribution in [0.5, 0.6) is 0 Å². The van der Waals surface area contributed by atoms with E-state index in [2.05, 4.69) is 20.2 Å². The number of aryl methyl sites for hydroxylation is 2. The number of nitrogens with two attached hydrogens (primary N) is 1. The number of hydrazine groups is 1. The number of nitrogens with zero attached hydrogens (tertiary/aromatic N) is 3. The fourth-order valence-corrected chi connectivity index (χ4v) is 2.65. The molecule has 0 spiro atoms. The maximum Gasteiger partial charge on any atom is 0.242 e. The summed E-state index contributed by atoms with van der Waals surface area (Å²) >= 11 is 0. The summed E-state index contributed by atoms with van der Waals surface area (Å²) in [7, 11) is -1.82. The standard InChI is InChI=1S/C11H16N6O2S/c1-8-9(7-17(2)16-8)5-14-20(18,19)10-3-4-11(15-12)13-6-10/h3-4,6-7,14H,5,12H2,1-2H3,(H,13,15). The lowest BCUT2D eigenvalue weighted by atomic mass is 10.3. The molecule has 0 unspecified atom stereocenters. The highest BCUT2D eigenvalue weighted by Gasteiger charge is 2.15. The molecule has 0 atom stereocenters. The molecule has 0 aliphatic heterocycles. The number of nitrogens with one attached hydrogen (secondary N) is 2. The summed E-state index contributed by atoms with van der Waals surface area (Å²) in [6.07, 6.45) is 3.02. The number of anilines is 1. The Hall–Kier alpha value is -1.97. The number of rotatable bonds is 5. The van der Waals surface area contributed by atoms with Gasteiger partial charge in [-0.2, -0.15) is 5.10 Å². The molecule has 0 fully saturated rings. The van der Waals surface area contributed by atoms with Gasteiger partial charge in [0, 0.05) is 31.5 Å². The van der Waals surface area contributed by atoms with Gasteiger partial charge in [0.15, 0.2) is 0 Å². The smallest absolute Gasteiger partial charge is 0.242 e. The average molecular weight is 296 g/mol. The van der Waals surface area contributed by atoms with Crippen molar-refractivity contribution >= 4 is 15.8 Å². The Morgan fingerprint density at radius 2 is 2.15 bits per heavy atom. The van der Waals surface area contributed by atoms with E-state index in [-0.39, 0.29) is 11.4 Å². The molecule has 2 rings (SSSR count). The molecule has 2 aromatic heterocycles. The molecule has 0 amide bonds. The van der Waals surface area contributed by atoms with Gasteiger partial charge in [0.1, 0.15) is 10.7 Å². The molecular weight excluding hydrogens is 280 g/mol. The van der Waals surface area contributed by atoms with E-state index in [0.717, 1.165) is 11.3 Å². The number of pyridine rings is 1. The van der Waals surface area contributed by atoms with Gasteiger partial charge in [-0.25, -0.2) is 24.0 Å². The Morgan fingerprint density at radius 3 is 2.65 bits per heavy atom. The zero-order valence-corrected chi connectivity index (χ0v) is 12.0. The lowest BCUT2D eigenvalue weighted by Gasteiger charge is -2.06. The van der Waals surface area contributed by atoms with Crippen molar-refractivity contribution in [1.29, 1.82) is 0 Å². The zero-order chi connectivity index (χ0) is 14.8. The van der Waals surface area contributed by atoms with E-state index < -0.39 is 10.0 Å². The van der Waals surface area contributed by atoms with Crippen molar-refractivity contribution in [2.24, 2.45) is 12.9 Å². The first-order valence-corrected chi connectivity index (χ1v) is 7.32. The topological polar surface area (TPSA) is 115 Å². The Morgan fingerprint density at radius 1 is 1.40 bits per heavy atom. The molecule has 2 heterocycles. The summed E-state index contributed by atoms with van der Waals surface area (Å²) in [6.45, 7) is 2.01. The fraction of sp³-hybridized carbons (Fsp3) is 0.273. The summed E-state index contributed by atoms with van der Waals surface area (Å²) < 4.78 is 28.3. The van der Waals surface area contributed by atoms with Gasteiger partial charge in [-0.1, -0.05) is 0 Å². The summed E-state index contributed by atoms with van der Waals surface area (Å²) in [5.41, 5.74) is 3.95. The predicted molar refractivity (Wildman–Crippen MR) is 74.0 cm³/mol. The summed E-state index contributed by atoms with van der Waals surface area (Å²) in [5.74, 6) is 5.57. The quantitative estimate of drug-likeness (QED) is 0.524. The van der Waals surface area contributed by atoms with Gasteiger partial charge < -0.3 is 5.43 Å². The molecule has 8 nitrogen and oxygen atoms in total. The largest absolute Gasteiger partial charge is 0.308 e. The van der Waals surface area contributed by atoms with Crippen molar-refractivity contribution in [2.45, 2.75) is 18.4 Å². The second kappa shape index (κ2) is 5.57. The van der Waals surface area contributed by atoms with Crippen LogP contribution in [0.1, 0.15) is 11.3 Å². The van der Waals surface area contributed by atoms with Crippen molar-refractivity contribution in [2.75, 3.05) is 5.43 Å². The minimum absolute atomic E-state index is 0.0815. The van der Waals surface area contributed by atoms with Gasteiger partial charge >= 0.3 is 0 Å². The van der Waals surface area contributed by atoms with Crippen LogP contribution in [0.2, 0.25) is 0 Å². The lowest BCUT2D eigenvalue weighted by Crippen LogP contribution is -2.23. The van der Waals surface area contributed by atoms with Crippen molar-refractivity contribution in [1.82, 2.24) is 19.5 Å². The fourth-order valence-electron chi connectivity index (χ4n) is 1.70. The van der Waals surface area contributed by atoms with E-state index in [1.54, 1.807) is 17.9 Å². The van der Waals surface area contributed by atoms with E-state index in [1.165, 1.54) is 18.3 Å². The Labute approximate surface area is 117 Å². The summed E-state index contributed by atoms with van der Waals surface area (Å²) in [5, 5.41) is 4.15. The Kier molecular flexibility index (Phi) is 4.02. The van der Waals surface area contributed by atoms with Crippen LogP contribution in [0.15, 0.2) is 29.4 Å². The van der Waals surface area contributed by atoms with Gasteiger partial charge in [-0.05, 0) is 19.1 Å². The van der Waals surface area contributed by atoms with Crippen LogP contribution in [-0.4, -0.2) is 23.2 Å². The molecule has 0 aromatic carbocycles. The van der Waals surface area contributed by atoms with Crippen molar-refractivity contribution in [3.63, 3.8) is 0 Å². The molecule has 20 heavy (non-hydrogen) atoms. The second-order valence-electron chi connectivity index (χ2n) is 4.26. The van der Waals surface area contributed by atoms with Gasteiger partial charge in [0.05, 0.1) is 5.69 Å². The molecule has 9 heteroatoms. The number of nitrogen functional groups attached to an aromatic ring is 1. The first-order valence-electron chi connectivity index (χ1n) is 5.84.